The van der Waals surface area contributed by atoms with Crippen LogP contribution >= 0.6 is 11.6 Å². The van der Waals surface area contributed by atoms with E-state index >= 15 is 0 Å². The van der Waals surface area contributed by atoms with E-state index in [0.717, 1.165) is 5.56 Å². The molecule has 14 heavy (non-hydrogen) atoms. The molecule has 0 bridgehead atoms. The molecule has 1 N–H and O–H groups in total. The van der Waals surface area contributed by atoms with Crippen LogP contribution in [0.1, 0.15) is 5.56 Å². The quantitative estimate of drug-likeness (QED) is 0.843. The average Bonchev–Trinajstić information content (AvgIpc) is 2.69. The number of nitrogens with zero attached hydrogens (tertiary/aromatic N) is 2. The van der Waals surface area contributed by atoms with Crippen LogP contribution in [0.25, 0.3) is 0 Å². The van der Waals surface area contributed by atoms with Crippen molar-refractivity contribution in [3.05, 3.63) is 41.7 Å². The Kier molecular flexibility index (Phi) is 2.65. The molecule has 0 saturated heterocycles. The zero-order chi connectivity index (χ0) is 9.80. The highest BCUT2D eigenvalue weighted by Crippen LogP contribution is 2.15. The van der Waals surface area contributed by atoms with Gasteiger partial charge in [-0.3, -0.25) is 0 Å². The van der Waals surface area contributed by atoms with Crippen molar-refractivity contribution in [2.45, 2.75) is 6.54 Å². The van der Waals surface area contributed by atoms with E-state index in [1.54, 1.807) is 24.9 Å². The second-order valence-corrected chi connectivity index (χ2v) is 3.04. The van der Waals surface area contributed by atoms with E-state index in [-0.39, 0.29) is 0 Å². The molecule has 2 aromatic rings. The van der Waals surface area contributed by atoms with E-state index in [1.165, 1.54) is 0 Å². The third-order valence-electron chi connectivity index (χ3n) is 1.69. The van der Waals surface area contributed by atoms with Gasteiger partial charge in [-0.05, 0) is 6.07 Å². The molecule has 4 nitrogen and oxygen atoms in total. The molecule has 0 aliphatic rings. The largest absolute Gasteiger partial charge is 0.472 e. The fourth-order valence-electron chi connectivity index (χ4n) is 1.02. The number of halogens is 1. The second-order valence-electron chi connectivity index (χ2n) is 2.68. The van der Waals surface area contributed by atoms with E-state index in [9.17, 15) is 0 Å². The molecule has 0 aliphatic heterocycles. The summed E-state index contributed by atoms with van der Waals surface area (Å²) >= 11 is 5.80. The summed E-state index contributed by atoms with van der Waals surface area (Å²) in [4.78, 5) is 7.94. The molecule has 0 amide bonds. The molecule has 5 heteroatoms. The molecular weight excluding hydrogens is 202 g/mol. The van der Waals surface area contributed by atoms with Crippen LogP contribution in [0.5, 0.6) is 0 Å². The first-order chi connectivity index (χ1) is 6.86. The highest BCUT2D eigenvalue weighted by molar-refractivity contribution is 6.31. The van der Waals surface area contributed by atoms with Gasteiger partial charge in [-0.25, -0.2) is 9.97 Å². The Hall–Kier alpha value is -1.55. The van der Waals surface area contributed by atoms with Gasteiger partial charge in [-0.2, -0.15) is 0 Å². The van der Waals surface area contributed by atoms with Crippen molar-refractivity contribution in [2.24, 2.45) is 0 Å². The molecule has 0 unspecified atom stereocenters. The summed E-state index contributed by atoms with van der Waals surface area (Å²) in [6, 6.07) is 1.87. The fourth-order valence-corrected chi connectivity index (χ4v) is 1.19. The normalized spacial score (nSPS) is 10.1. The summed E-state index contributed by atoms with van der Waals surface area (Å²) in [6.07, 6.45) is 6.42. The van der Waals surface area contributed by atoms with Crippen LogP contribution in [0.2, 0.25) is 5.15 Å². The molecule has 2 rings (SSSR count). The molecule has 0 saturated carbocycles. The molecule has 0 aliphatic carbocycles. The van der Waals surface area contributed by atoms with E-state index in [1.807, 2.05) is 6.07 Å². The van der Waals surface area contributed by atoms with Crippen molar-refractivity contribution in [3.63, 3.8) is 0 Å². The third-order valence-corrected chi connectivity index (χ3v) is 1.97. The highest BCUT2D eigenvalue weighted by atomic mass is 35.5. The first-order valence-electron chi connectivity index (χ1n) is 4.08. The number of anilines is 1. The van der Waals surface area contributed by atoms with Gasteiger partial charge in [0, 0.05) is 24.5 Å². The molecule has 0 fully saturated rings. The van der Waals surface area contributed by atoms with E-state index in [4.69, 9.17) is 16.0 Å². The summed E-state index contributed by atoms with van der Waals surface area (Å²) in [6.45, 7) is 0.620. The summed E-state index contributed by atoms with van der Waals surface area (Å²) in [7, 11) is 0. The zero-order valence-corrected chi connectivity index (χ0v) is 8.03. The summed E-state index contributed by atoms with van der Waals surface area (Å²) in [5, 5.41) is 3.42. The minimum Gasteiger partial charge on any atom is -0.472 e. The summed E-state index contributed by atoms with van der Waals surface area (Å²) < 4.78 is 4.92. The first kappa shape index (κ1) is 9.02. The Balaban J connectivity index is 2.02. The molecule has 0 atom stereocenters. The van der Waals surface area contributed by atoms with Gasteiger partial charge >= 0.3 is 0 Å². The number of furan rings is 1. The van der Waals surface area contributed by atoms with Gasteiger partial charge < -0.3 is 9.73 Å². The van der Waals surface area contributed by atoms with Gasteiger partial charge in [0.15, 0.2) is 11.0 Å². The van der Waals surface area contributed by atoms with Gasteiger partial charge in [-0.15, -0.1) is 0 Å². The predicted octanol–water partition coefficient (Wildman–Crippen LogP) is 2.34. The minimum atomic E-state index is 0.371. The molecular formula is C9H8ClN3O. The first-order valence-corrected chi connectivity index (χ1v) is 4.45. The van der Waals surface area contributed by atoms with Crippen LogP contribution in [-0.4, -0.2) is 9.97 Å². The van der Waals surface area contributed by atoms with Gasteiger partial charge in [0.2, 0.25) is 0 Å². The average molecular weight is 210 g/mol. The lowest BCUT2D eigenvalue weighted by atomic mass is 10.3. The van der Waals surface area contributed by atoms with Crippen molar-refractivity contribution in [1.29, 1.82) is 0 Å². The van der Waals surface area contributed by atoms with Crippen LogP contribution in [0.15, 0.2) is 35.4 Å². The number of rotatable bonds is 3. The summed E-state index contributed by atoms with van der Waals surface area (Å²) in [5.74, 6) is 0.579. The lowest BCUT2D eigenvalue weighted by Gasteiger charge is -2.03. The number of hydrogen-bond acceptors (Lipinski definition) is 4. The Labute approximate surface area is 85.9 Å². The molecule has 0 aromatic carbocycles. The van der Waals surface area contributed by atoms with Crippen molar-refractivity contribution in [1.82, 2.24) is 9.97 Å². The van der Waals surface area contributed by atoms with Gasteiger partial charge in [0.05, 0.1) is 12.5 Å². The summed E-state index contributed by atoms with van der Waals surface area (Å²) in [5.41, 5.74) is 1.03. The van der Waals surface area contributed by atoms with E-state index in [2.05, 4.69) is 15.3 Å². The van der Waals surface area contributed by atoms with E-state index in [0.29, 0.717) is 17.5 Å². The SMILES string of the molecule is Clc1nccnc1NCc1ccoc1. The molecule has 2 aromatic heterocycles. The molecule has 72 valence electrons. The number of aromatic nitrogens is 2. The monoisotopic (exact) mass is 209 g/mol. The topological polar surface area (TPSA) is 51.0 Å². The standard InChI is InChI=1S/C9H8ClN3O/c10-8-9(12-3-2-11-8)13-5-7-1-4-14-6-7/h1-4,6H,5H2,(H,12,13). The number of hydrogen-bond donors (Lipinski definition) is 1. The maximum atomic E-state index is 5.80. The van der Waals surface area contributed by atoms with Crippen LogP contribution < -0.4 is 5.32 Å². The van der Waals surface area contributed by atoms with Crippen molar-refractivity contribution in [2.75, 3.05) is 5.32 Å². The smallest absolute Gasteiger partial charge is 0.171 e. The van der Waals surface area contributed by atoms with Gasteiger partial charge in [-0.1, -0.05) is 11.6 Å². The van der Waals surface area contributed by atoms with E-state index < -0.39 is 0 Å². The van der Waals surface area contributed by atoms with Crippen LogP contribution in [-0.2, 0) is 6.54 Å². The minimum absolute atomic E-state index is 0.371. The predicted molar refractivity (Wildman–Crippen MR) is 53.1 cm³/mol. The van der Waals surface area contributed by atoms with Crippen molar-refractivity contribution >= 4 is 17.4 Å². The zero-order valence-electron chi connectivity index (χ0n) is 7.27. The van der Waals surface area contributed by atoms with Crippen LogP contribution in [0, 0.1) is 0 Å². The van der Waals surface area contributed by atoms with Crippen LogP contribution in [0.4, 0.5) is 5.82 Å². The van der Waals surface area contributed by atoms with Gasteiger partial charge in [0.1, 0.15) is 0 Å². The lowest BCUT2D eigenvalue weighted by molar-refractivity contribution is 0.564. The molecule has 0 spiro atoms. The fraction of sp³-hybridized carbons (Fsp3) is 0.111. The Morgan fingerprint density at radius 1 is 1.36 bits per heavy atom. The second kappa shape index (κ2) is 4.11. The Morgan fingerprint density at radius 3 is 2.93 bits per heavy atom. The van der Waals surface area contributed by atoms with Crippen molar-refractivity contribution < 1.29 is 4.42 Å². The Bertz CT molecular complexity index is 402. The number of nitrogens with one attached hydrogen (secondary N) is 1. The third kappa shape index (κ3) is 2.03. The highest BCUT2D eigenvalue weighted by Gasteiger charge is 2.01. The maximum absolute atomic E-state index is 5.80. The Morgan fingerprint density at radius 2 is 2.21 bits per heavy atom. The lowest BCUT2D eigenvalue weighted by Crippen LogP contribution is -2.01. The van der Waals surface area contributed by atoms with Crippen LogP contribution in [0.3, 0.4) is 0 Å². The molecule has 0 radical (unpaired) electrons. The van der Waals surface area contributed by atoms with Gasteiger partial charge in [0.25, 0.3) is 0 Å². The van der Waals surface area contributed by atoms with Crippen molar-refractivity contribution in [3.8, 4) is 0 Å². The molecule has 2 heterocycles. The maximum Gasteiger partial charge on any atom is 0.171 e.